The van der Waals surface area contributed by atoms with E-state index >= 15 is 0 Å². The molecule has 0 unspecified atom stereocenters. The summed E-state index contributed by atoms with van der Waals surface area (Å²) in [5.74, 6) is 0.0337. The third-order valence-electron chi connectivity index (χ3n) is 2.12. The lowest BCUT2D eigenvalue weighted by Gasteiger charge is -2.20. The van der Waals surface area contributed by atoms with Gasteiger partial charge in [0.2, 0.25) is 0 Å². The number of thiazole rings is 1. The number of nitrogens with two attached hydrogens (primary N) is 1. The van der Waals surface area contributed by atoms with Gasteiger partial charge in [0.1, 0.15) is 5.78 Å². The number of hydrogen-bond donors (Lipinski definition) is 1. The zero-order valence-electron chi connectivity index (χ0n) is 9.00. The fourth-order valence-electron chi connectivity index (χ4n) is 1.28. The van der Waals surface area contributed by atoms with Crippen LogP contribution in [0.15, 0.2) is 5.38 Å². The predicted octanol–water partition coefficient (Wildman–Crippen LogP) is 2.44. The molecule has 0 aliphatic carbocycles. The summed E-state index contributed by atoms with van der Waals surface area (Å²) in [7, 11) is 0. The molecule has 14 heavy (non-hydrogen) atoms. The molecular weight excluding hydrogens is 196 g/mol. The number of aromatic nitrogens is 1. The van der Waals surface area contributed by atoms with Crippen LogP contribution in [-0.2, 0) is 4.79 Å². The van der Waals surface area contributed by atoms with Crippen LogP contribution in [0.2, 0.25) is 0 Å². The molecule has 0 radical (unpaired) electrons. The molecule has 0 amide bonds. The number of carbonyl (C=O) groups excluding carboxylic acids is 1. The third kappa shape index (κ3) is 2.32. The highest BCUT2D eigenvalue weighted by Gasteiger charge is 2.28. The topological polar surface area (TPSA) is 56.0 Å². The number of anilines is 1. The van der Waals surface area contributed by atoms with Crippen molar-refractivity contribution in [1.82, 2.24) is 4.98 Å². The van der Waals surface area contributed by atoms with Gasteiger partial charge in [-0.2, -0.15) is 0 Å². The van der Waals surface area contributed by atoms with Crippen molar-refractivity contribution in [2.45, 2.75) is 33.6 Å². The van der Waals surface area contributed by atoms with Crippen molar-refractivity contribution in [3.05, 3.63) is 11.1 Å². The summed E-state index contributed by atoms with van der Waals surface area (Å²) in [6.07, 6.45) is 0. The minimum Gasteiger partial charge on any atom is -0.375 e. The normalized spacial score (nSPS) is 14.0. The van der Waals surface area contributed by atoms with E-state index in [0.29, 0.717) is 5.13 Å². The molecular formula is C10H16N2OS. The van der Waals surface area contributed by atoms with Gasteiger partial charge in [-0.25, -0.2) is 4.98 Å². The van der Waals surface area contributed by atoms with Gasteiger partial charge in [-0.1, -0.05) is 20.8 Å². The van der Waals surface area contributed by atoms with E-state index in [4.69, 9.17) is 5.73 Å². The lowest BCUT2D eigenvalue weighted by Crippen LogP contribution is -2.25. The smallest absolute Gasteiger partial charge is 0.180 e. The first-order valence-corrected chi connectivity index (χ1v) is 5.45. The van der Waals surface area contributed by atoms with Gasteiger partial charge in [0.15, 0.2) is 5.13 Å². The molecule has 3 nitrogen and oxygen atoms in total. The minimum atomic E-state index is -0.322. The first-order valence-electron chi connectivity index (χ1n) is 4.57. The van der Waals surface area contributed by atoms with Crippen LogP contribution in [0, 0.1) is 5.41 Å². The zero-order valence-corrected chi connectivity index (χ0v) is 9.81. The molecule has 4 heteroatoms. The van der Waals surface area contributed by atoms with E-state index < -0.39 is 0 Å². The monoisotopic (exact) mass is 212 g/mol. The molecule has 0 saturated heterocycles. The molecule has 0 aromatic carbocycles. The van der Waals surface area contributed by atoms with Gasteiger partial charge in [-0.05, 0) is 6.92 Å². The molecule has 0 spiro atoms. The fraction of sp³-hybridized carbons (Fsp3) is 0.600. The maximum Gasteiger partial charge on any atom is 0.180 e. The van der Waals surface area contributed by atoms with Crippen LogP contribution in [0.3, 0.4) is 0 Å². The number of nitrogens with zero attached hydrogens (tertiary/aromatic N) is 1. The van der Waals surface area contributed by atoms with E-state index in [1.165, 1.54) is 11.3 Å². The second-order valence-corrected chi connectivity index (χ2v) is 5.34. The third-order valence-corrected chi connectivity index (χ3v) is 2.81. The van der Waals surface area contributed by atoms with Crippen LogP contribution in [0.4, 0.5) is 5.13 Å². The predicted molar refractivity (Wildman–Crippen MR) is 59.4 cm³/mol. The Hall–Kier alpha value is -0.900. The molecule has 1 aromatic heterocycles. The van der Waals surface area contributed by atoms with Gasteiger partial charge in [0, 0.05) is 10.8 Å². The summed E-state index contributed by atoms with van der Waals surface area (Å²) < 4.78 is 0. The zero-order chi connectivity index (χ0) is 10.9. The van der Waals surface area contributed by atoms with Crippen molar-refractivity contribution in [2.24, 2.45) is 5.41 Å². The SMILES string of the molecule is C[C@H](C(=O)C(C)(C)C)c1csc(N)n1. The second kappa shape index (κ2) is 3.69. The van der Waals surface area contributed by atoms with Crippen LogP contribution in [0.25, 0.3) is 0 Å². The van der Waals surface area contributed by atoms with Gasteiger partial charge < -0.3 is 5.73 Å². The van der Waals surface area contributed by atoms with Crippen LogP contribution in [0.1, 0.15) is 39.3 Å². The van der Waals surface area contributed by atoms with Gasteiger partial charge in [0.25, 0.3) is 0 Å². The first-order chi connectivity index (χ1) is 6.32. The van der Waals surface area contributed by atoms with Crippen molar-refractivity contribution in [3.8, 4) is 0 Å². The molecule has 1 atom stereocenters. The van der Waals surface area contributed by atoms with Crippen molar-refractivity contribution in [2.75, 3.05) is 5.73 Å². The number of hydrogen-bond acceptors (Lipinski definition) is 4. The maximum atomic E-state index is 11.9. The molecule has 0 aliphatic rings. The van der Waals surface area contributed by atoms with Crippen LogP contribution in [-0.4, -0.2) is 10.8 Å². The molecule has 1 rings (SSSR count). The number of Topliss-reactive ketones (excluding diaryl/α,β-unsaturated/α-hetero) is 1. The second-order valence-electron chi connectivity index (χ2n) is 4.45. The summed E-state index contributed by atoms with van der Waals surface area (Å²) in [5, 5.41) is 2.37. The Morgan fingerprint density at radius 2 is 2.14 bits per heavy atom. The summed E-state index contributed by atoms with van der Waals surface area (Å²) in [6, 6.07) is 0. The molecule has 0 saturated carbocycles. The summed E-state index contributed by atoms with van der Waals surface area (Å²) >= 11 is 1.38. The van der Waals surface area contributed by atoms with E-state index in [2.05, 4.69) is 4.98 Å². The summed E-state index contributed by atoms with van der Waals surface area (Å²) in [6.45, 7) is 7.63. The number of nitrogen functional groups attached to an aromatic ring is 1. The van der Waals surface area contributed by atoms with Crippen LogP contribution >= 0.6 is 11.3 Å². The Kier molecular flexibility index (Phi) is 2.95. The average molecular weight is 212 g/mol. The van der Waals surface area contributed by atoms with Gasteiger partial charge in [-0.15, -0.1) is 11.3 Å². The molecule has 1 aromatic rings. The number of rotatable bonds is 2. The van der Waals surface area contributed by atoms with Gasteiger partial charge >= 0.3 is 0 Å². The highest BCUT2D eigenvalue weighted by atomic mass is 32.1. The van der Waals surface area contributed by atoms with E-state index in [9.17, 15) is 4.79 Å². The van der Waals surface area contributed by atoms with Crippen molar-refractivity contribution in [3.63, 3.8) is 0 Å². The largest absolute Gasteiger partial charge is 0.375 e. The first kappa shape index (κ1) is 11.2. The summed E-state index contributed by atoms with van der Waals surface area (Å²) in [4.78, 5) is 16.0. The number of ketones is 1. The van der Waals surface area contributed by atoms with Crippen molar-refractivity contribution in [1.29, 1.82) is 0 Å². The van der Waals surface area contributed by atoms with Crippen LogP contribution in [0.5, 0.6) is 0 Å². The Morgan fingerprint density at radius 3 is 2.50 bits per heavy atom. The summed E-state index contributed by atoms with van der Waals surface area (Å²) in [5.41, 5.74) is 5.98. The Morgan fingerprint density at radius 1 is 1.57 bits per heavy atom. The Balaban J connectivity index is 2.86. The standard InChI is InChI=1S/C10H16N2OS/c1-6(8(13)10(2,3)4)7-5-14-9(11)12-7/h5-6H,1-4H3,(H2,11,12)/t6-/m0/s1. The van der Waals surface area contributed by atoms with Crippen molar-refractivity contribution < 1.29 is 4.79 Å². The molecule has 1 heterocycles. The molecule has 0 aliphatic heterocycles. The Bertz CT molecular complexity index is 338. The quantitative estimate of drug-likeness (QED) is 0.819. The fourth-order valence-corrected chi connectivity index (χ4v) is 1.94. The lowest BCUT2D eigenvalue weighted by molar-refractivity contribution is -0.127. The highest BCUT2D eigenvalue weighted by Crippen LogP contribution is 2.28. The Labute approximate surface area is 88.3 Å². The maximum absolute atomic E-state index is 11.9. The van der Waals surface area contributed by atoms with Crippen molar-refractivity contribution >= 4 is 22.3 Å². The molecule has 0 fully saturated rings. The van der Waals surface area contributed by atoms with E-state index in [0.717, 1.165) is 5.69 Å². The molecule has 2 N–H and O–H groups in total. The number of carbonyl (C=O) groups is 1. The van der Waals surface area contributed by atoms with E-state index in [-0.39, 0.29) is 17.1 Å². The molecule has 78 valence electrons. The lowest BCUT2D eigenvalue weighted by atomic mass is 9.83. The van der Waals surface area contributed by atoms with Gasteiger partial charge in [-0.3, -0.25) is 4.79 Å². The van der Waals surface area contributed by atoms with E-state index in [1.807, 2.05) is 33.1 Å². The van der Waals surface area contributed by atoms with Gasteiger partial charge in [0.05, 0.1) is 11.6 Å². The van der Waals surface area contributed by atoms with Crippen LogP contribution < -0.4 is 5.73 Å². The van der Waals surface area contributed by atoms with E-state index in [1.54, 1.807) is 0 Å². The highest BCUT2D eigenvalue weighted by molar-refractivity contribution is 7.13. The minimum absolute atomic E-state index is 0.163. The average Bonchev–Trinajstić information content (AvgIpc) is 2.47. The molecule has 0 bridgehead atoms.